The molecule has 0 spiro atoms. The van der Waals surface area contributed by atoms with Crippen LogP contribution in [0.5, 0.6) is 17.2 Å². The number of ether oxygens (including phenoxy) is 2. The molecule has 3 N–H and O–H groups in total. The van der Waals surface area contributed by atoms with Gasteiger partial charge in [-0.2, -0.15) is 5.10 Å². The van der Waals surface area contributed by atoms with Gasteiger partial charge in [-0.15, -0.1) is 0 Å². The molecule has 0 atom stereocenters. The smallest absolute Gasteiger partial charge is 0.241 e. The van der Waals surface area contributed by atoms with E-state index in [9.17, 15) is 22.4 Å². The molecule has 14 heteroatoms. The number of fused-ring (bicyclic) bond motifs is 1. The number of nitrogen functional groups attached to an aromatic ring is 1. The highest BCUT2D eigenvalue weighted by atomic mass is 32.2. The molecule has 2 heterocycles. The number of amides is 1. The zero-order chi connectivity index (χ0) is 33.5. The van der Waals surface area contributed by atoms with Crippen molar-refractivity contribution in [1.29, 1.82) is 0 Å². The molecule has 0 saturated carbocycles. The van der Waals surface area contributed by atoms with E-state index in [1.54, 1.807) is 31.2 Å². The molecule has 2 aliphatic rings. The quantitative estimate of drug-likeness (QED) is 0.225. The zero-order valence-electron chi connectivity index (χ0n) is 25.5. The van der Waals surface area contributed by atoms with Crippen molar-refractivity contribution in [3.63, 3.8) is 0 Å². The Morgan fingerprint density at radius 2 is 1.79 bits per heavy atom. The number of allylic oxidation sites excluding steroid dienone is 1. The number of rotatable bonds is 10. The van der Waals surface area contributed by atoms with E-state index in [4.69, 9.17) is 15.2 Å². The number of hydrogen-bond donors (Lipinski definition) is 2. The molecule has 47 heavy (non-hydrogen) atoms. The predicted molar refractivity (Wildman–Crippen MR) is 171 cm³/mol. The maximum absolute atomic E-state index is 15.4. The van der Waals surface area contributed by atoms with Crippen molar-refractivity contribution in [2.45, 2.75) is 26.2 Å². The van der Waals surface area contributed by atoms with Gasteiger partial charge >= 0.3 is 0 Å². The molecule has 1 amide bonds. The molecule has 3 aromatic carbocycles. The average molecular weight is 664 g/mol. The molecule has 6 rings (SSSR count). The van der Waals surface area contributed by atoms with Crippen LogP contribution in [0.3, 0.4) is 0 Å². The van der Waals surface area contributed by atoms with Crippen LogP contribution in [0.25, 0.3) is 11.8 Å². The lowest BCUT2D eigenvalue weighted by molar-refractivity contribution is -0.127. The van der Waals surface area contributed by atoms with E-state index in [0.29, 0.717) is 35.4 Å². The number of methoxy groups -OCH3 is 1. The number of aryl methyl sites for hydroxylation is 1. The minimum atomic E-state index is -4.04. The van der Waals surface area contributed by atoms with Crippen LogP contribution in [0.2, 0.25) is 0 Å². The van der Waals surface area contributed by atoms with E-state index < -0.39 is 39.1 Å². The van der Waals surface area contributed by atoms with E-state index in [1.807, 2.05) is 0 Å². The molecule has 11 nitrogen and oxygen atoms in total. The maximum Gasteiger partial charge on any atom is 0.241 e. The number of carbonyl (C=O) groups excluding carboxylic acids is 2. The second kappa shape index (κ2) is 12.5. The van der Waals surface area contributed by atoms with E-state index in [1.165, 1.54) is 42.5 Å². The number of nitrogens with two attached hydrogens (primary N) is 1. The van der Waals surface area contributed by atoms with Crippen LogP contribution in [-0.4, -0.2) is 60.7 Å². The van der Waals surface area contributed by atoms with Gasteiger partial charge in [-0.05, 0) is 72.9 Å². The highest BCUT2D eigenvalue weighted by Gasteiger charge is 2.28. The molecular formula is C33H31F2N5O6S. The van der Waals surface area contributed by atoms with E-state index in [-0.39, 0.29) is 46.4 Å². The second-order valence-corrected chi connectivity index (χ2v) is 13.1. The third kappa shape index (κ3) is 6.41. The van der Waals surface area contributed by atoms with Crippen molar-refractivity contribution in [1.82, 2.24) is 14.7 Å². The summed E-state index contributed by atoms with van der Waals surface area (Å²) in [6, 6.07) is 11.5. The fourth-order valence-corrected chi connectivity index (χ4v) is 6.84. The van der Waals surface area contributed by atoms with E-state index >= 15 is 4.39 Å². The first-order valence-corrected chi connectivity index (χ1v) is 16.4. The molecule has 1 aliphatic carbocycles. The first-order valence-electron chi connectivity index (χ1n) is 14.7. The minimum absolute atomic E-state index is 0.00371. The number of nitrogens with zero attached hydrogens (tertiary/aromatic N) is 3. The number of aromatic nitrogens is 2. The third-order valence-electron chi connectivity index (χ3n) is 8.06. The number of carbonyl (C=O) groups is 2. The minimum Gasteiger partial charge on any atom is -0.495 e. The standard InChI is InChI=1S/C33H31F2N5O6S/c1-19-11-23(46-28-8-4-3-7-25(28)34)16-26(35)31(19)40-33(36)24(17-37-40)32(42)22-12-20-14-27(29(45-2)15-21(20)13-22)38-47(43,44)18-30(41)39-9-5-6-10-39/h3-4,7-8,11,13-17,38H,5-6,9-10,12,18,36H2,1-2H3. The van der Waals surface area contributed by atoms with E-state index in [2.05, 4.69) is 9.82 Å². The number of ketones is 1. The van der Waals surface area contributed by atoms with Crippen molar-refractivity contribution in [3.8, 4) is 22.9 Å². The summed E-state index contributed by atoms with van der Waals surface area (Å²) in [6.07, 6.45) is 4.74. The number of halogens is 2. The molecular weight excluding hydrogens is 632 g/mol. The van der Waals surface area contributed by atoms with Gasteiger partial charge in [0.05, 0.1) is 24.6 Å². The molecule has 4 aromatic rings. The first-order chi connectivity index (χ1) is 22.4. The number of nitrogens with one attached hydrogen (secondary N) is 1. The summed E-state index contributed by atoms with van der Waals surface area (Å²) in [5.74, 6) is -2.83. The molecule has 0 radical (unpaired) electrons. The lowest BCUT2D eigenvalue weighted by Crippen LogP contribution is -2.35. The number of Topliss-reactive ketones (excluding diaryl/α,β-unsaturated/α-hetero) is 1. The van der Waals surface area contributed by atoms with Crippen LogP contribution in [0.4, 0.5) is 20.3 Å². The van der Waals surface area contributed by atoms with Crippen molar-refractivity contribution in [3.05, 3.63) is 94.2 Å². The molecule has 1 aromatic heterocycles. The van der Waals surface area contributed by atoms with Gasteiger partial charge < -0.3 is 20.1 Å². The van der Waals surface area contributed by atoms with Crippen molar-refractivity contribution in [2.75, 3.05) is 36.4 Å². The number of sulfonamides is 1. The lowest BCUT2D eigenvalue weighted by Gasteiger charge is -2.17. The van der Waals surface area contributed by atoms with Crippen LogP contribution in [0.15, 0.2) is 60.3 Å². The predicted octanol–water partition coefficient (Wildman–Crippen LogP) is 5.03. The Labute approximate surface area is 269 Å². The Hall–Kier alpha value is -5.24. The van der Waals surface area contributed by atoms with Crippen LogP contribution in [0, 0.1) is 18.6 Å². The van der Waals surface area contributed by atoms with Crippen molar-refractivity contribution >= 4 is 39.3 Å². The first kappa shape index (κ1) is 31.7. The summed E-state index contributed by atoms with van der Waals surface area (Å²) in [5.41, 5.74) is 8.53. The van der Waals surface area contributed by atoms with Crippen LogP contribution >= 0.6 is 0 Å². The molecule has 244 valence electrons. The zero-order valence-corrected chi connectivity index (χ0v) is 26.4. The Balaban J connectivity index is 1.20. The van der Waals surface area contributed by atoms with Gasteiger partial charge in [0, 0.05) is 31.1 Å². The number of likely N-dealkylation sites (tertiary alicyclic amines) is 1. The van der Waals surface area contributed by atoms with Gasteiger partial charge in [0.15, 0.2) is 23.2 Å². The maximum atomic E-state index is 15.4. The third-order valence-corrected chi connectivity index (χ3v) is 9.21. The largest absolute Gasteiger partial charge is 0.495 e. The van der Waals surface area contributed by atoms with Gasteiger partial charge in [-0.25, -0.2) is 21.9 Å². The number of anilines is 2. The lowest BCUT2D eigenvalue weighted by atomic mass is 10.0. The summed E-state index contributed by atoms with van der Waals surface area (Å²) in [7, 11) is -2.66. The van der Waals surface area contributed by atoms with Crippen molar-refractivity contribution in [2.24, 2.45) is 0 Å². The average Bonchev–Trinajstić information content (AvgIpc) is 3.78. The van der Waals surface area contributed by atoms with Crippen LogP contribution in [0.1, 0.15) is 39.9 Å². The highest BCUT2D eigenvalue weighted by molar-refractivity contribution is 7.93. The molecule has 0 bridgehead atoms. The summed E-state index contributed by atoms with van der Waals surface area (Å²) in [5, 5.41) is 4.19. The number of para-hydroxylation sites is 1. The molecule has 1 fully saturated rings. The molecule has 1 aliphatic heterocycles. The summed E-state index contributed by atoms with van der Waals surface area (Å²) in [6.45, 7) is 2.68. The summed E-state index contributed by atoms with van der Waals surface area (Å²) < 4.78 is 69.6. The number of benzene rings is 3. The van der Waals surface area contributed by atoms with Crippen molar-refractivity contribution < 1.29 is 36.3 Å². The number of hydrogen-bond acceptors (Lipinski definition) is 8. The van der Waals surface area contributed by atoms with Gasteiger partial charge in [-0.1, -0.05) is 12.1 Å². The van der Waals surface area contributed by atoms with E-state index in [0.717, 1.165) is 23.6 Å². The second-order valence-electron chi connectivity index (χ2n) is 11.3. The topological polar surface area (TPSA) is 146 Å². The molecule has 1 saturated heterocycles. The Morgan fingerprint density at radius 1 is 1.04 bits per heavy atom. The fraction of sp³-hybridized carbons (Fsp3) is 0.242. The van der Waals surface area contributed by atoms with Gasteiger partial charge in [-0.3, -0.25) is 14.3 Å². The van der Waals surface area contributed by atoms with Crippen LogP contribution < -0.4 is 19.9 Å². The Bertz CT molecular complexity index is 2030. The van der Waals surface area contributed by atoms with Gasteiger partial charge in [0.25, 0.3) is 0 Å². The SMILES string of the molecule is COc1cc2c(cc1NS(=O)(=O)CC(=O)N1CCCC1)CC(C(=O)c1cnn(-c3c(C)cc(Oc4ccccc4F)cc3F)c1N)=C2. The summed E-state index contributed by atoms with van der Waals surface area (Å²) >= 11 is 0. The van der Waals surface area contributed by atoms with Crippen LogP contribution in [-0.2, 0) is 21.2 Å². The fourth-order valence-electron chi connectivity index (χ4n) is 5.76. The Morgan fingerprint density at radius 3 is 2.49 bits per heavy atom. The molecule has 0 unspecified atom stereocenters. The Kier molecular flexibility index (Phi) is 8.45. The normalized spacial score (nSPS) is 14.1. The highest BCUT2D eigenvalue weighted by Crippen LogP contribution is 2.37. The summed E-state index contributed by atoms with van der Waals surface area (Å²) in [4.78, 5) is 27.6. The van der Waals surface area contributed by atoms with Gasteiger partial charge in [0.1, 0.15) is 28.8 Å². The monoisotopic (exact) mass is 663 g/mol. The van der Waals surface area contributed by atoms with Gasteiger partial charge in [0.2, 0.25) is 15.9 Å².